The molecule has 0 fully saturated rings. The number of anilines is 1. The predicted octanol–water partition coefficient (Wildman–Crippen LogP) is 4.71. The van der Waals surface area contributed by atoms with Crippen LogP contribution in [0, 0.1) is 13.8 Å². The van der Waals surface area contributed by atoms with E-state index in [9.17, 15) is 9.59 Å². The van der Waals surface area contributed by atoms with Crippen molar-refractivity contribution in [2.45, 2.75) is 33.8 Å². The van der Waals surface area contributed by atoms with E-state index in [2.05, 4.69) is 21.2 Å². The molecule has 1 N–H and O–H groups in total. The second kappa shape index (κ2) is 8.49. The highest BCUT2D eigenvalue weighted by atomic mass is 79.9. The predicted molar refractivity (Wildman–Crippen MR) is 103 cm³/mol. The number of halogens is 1. The normalized spacial score (nSPS) is 11.7. The maximum atomic E-state index is 12.5. The Morgan fingerprint density at radius 3 is 2.68 bits per heavy atom. The van der Waals surface area contributed by atoms with Crippen LogP contribution in [-0.4, -0.2) is 24.6 Å². The van der Waals surface area contributed by atoms with Crippen LogP contribution in [0.5, 0.6) is 5.75 Å². The van der Waals surface area contributed by atoms with Gasteiger partial charge in [0.1, 0.15) is 10.8 Å². The van der Waals surface area contributed by atoms with Gasteiger partial charge >= 0.3 is 5.97 Å². The molecule has 0 saturated heterocycles. The van der Waals surface area contributed by atoms with Gasteiger partial charge in [-0.1, -0.05) is 22.0 Å². The largest absolute Gasteiger partial charge is 0.481 e. The minimum atomic E-state index is -0.716. The van der Waals surface area contributed by atoms with Crippen molar-refractivity contribution >= 4 is 44.1 Å². The summed E-state index contributed by atoms with van der Waals surface area (Å²) in [6.07, 6.45) is -0.716. The zero-order valence-corrected chi connectivity index (χ0v) is 16.9. The van der Waals surface area contributed by atoms with E-state index in [1.54, 1.807) is 26.0 Å². The molecule has 1 atom stereocenters. The van der Waals surface area contributed by atoms with Crippen LogP contribution in [0.2, 0.25) is 0 Å². The minimum Gasteiger partial charge on any atom is -0.481 e. The van der Waals surface area contributed by atoms with Crippen molar-refractivity contribution in [2.24, 2.45) is 0 Å². The average molecular weight is 426 g/mol. The van der Waals surface area contributed by atoms with Gasteiger partial charge in [-0.05, 0) is 51.5 Å². The fourth-order valence-corrected chi connectivity index (χ4v) is 3.61. The Morgan fingerprint density at radius 1 is 1.32 bits per heavy atom. The Morgan fingerprint density at radius 2 is 2.04 bits per heavy atom. The second-order valence-electron chi connectivity index (χ2n) is 5.41. The quantitative estimate of drug-likeness (QED) is 0.680. The molecular weight excluding hydrogens is 406 g/mol. The number of rotatable bonds is 6. The second-order valence-corrected chi connectivity index (χ2v) is 7.55. The van der Waals surface area contributed by atoms with E-state index in [4.69, 9.17) is 9.47 Å². The number of nitrogens with one attached hydrogen (secondary N) is 1. The number of carbonyl (C=O) groups is 2. The van der Waals surface area contributed by atoms with Crippen LogP contribution in [0.15, 0.2) is 28.7 Å². The van der Waals surface area contributed by atoms with Crippen LogP contribution in [0.3, 0.4) is 0 Å². The Balaban J connectivity index is 2.14. The molecule has 0 aliphatic carbocycles. The summed E-state index contributed by atoms with van der Waals surface area (Å²) in [5, 5.41) is 3.28. The first kappa shape index (κ1) is 19.5. The van der Waals surface area contributed by atoms with Gasteiger partial charge in [-0.25, -0.2) is 4.79 Å². The summed E-state index contributed by atoms with van der Waals surface area (Å²) >= 11 is 4.72. The zero-order chi connectivity index (χ0) is 18.6. The van der Waals surface area contributed by atoms with E-state index in [1.807, 2.05) is 26.0 Å². The maximum Gasteiger partial charge on any atom is 0.341 e. The van der Waals surface area contributed by atoms with Crippen LogP contribution in [0.4, 0.5) is 5.00 Å². The number of hydrogen-bond donors (Lipinski definition) is 1. The maximum absolute atomic E-state index is 12.5. The lowest BCUT2D eigenvalue weighted by Gasteiger charge is -2.15. The third-order valence-electron chi connectivity index (χ3n) is 3.58. The molecular formula is C18H20BrNO4S. The molecule has 5 nitrogen and oxygen atoms in total. The minimum absolute atomic E-state index is 0.281. The van der Waals surface area contributed by atoms with Gasteiger partial charge < -0.3 is 14.8 Å². The first-order valence-corrected chi connectivity index (χ1v) is 9.44. The SMILES string of the molecule is CCOC(=O)c1c(NC(=O)C(C)Oc2cccc(Br)c2)sc(C)c1C. The first-order valence-electron chi connectivity index (χ1n) is 7.83. The summed E-state index contributed by atoms with van der Waals surface area (Å²) < 4.78 is 11.6. The molecule has 0 aliphatic heterocycles. The smallest absolute Gasteiger partial charge is 0.341 e. The van der Waals surface area contributed by atoms with Crippen molar-refractivity contribution in [3.63, 3.8) is 0 Å². The van der Waals surface area contributed by atoms with Gasteiger partial charge in [-0.2, -0.15) is 0 Å². The average Bonchev–Trinajstić information content (AvgIpc) is 2.81. The summed E-state index contributed by atoms with van der Waals surface area (Å²) in [6.45, 7) is 7.43. The molecule has 134 valence electrons. The fraction of sp³-hybridized carbons (Fsp3) is 0.333. The molecule has 0 bridgehead atoms. The lowest BCUT2D eigenvalue weighted by Crippen LogP contribution is -2.30. The van der Waals surface area contributed by atoms with Crippen molar-refractivity contribution in [1.29, 1.82) is 0 Å². The van der Waals surface area contributed by atoms with E-state index in [0.717, 1.165) is 14.9 Å². The summed E-state index contributed by atoms with van der Waals surface area (Å²) in [5.74, 6) is -0.173. The van der Waals surface area contributed by atoms with Gasteiger partial charge in [-0.3, -0.25) is 4.79 Å². The summed E-state index contributed by atoms with van der Waals surface area (Å²) in [4.78, 5) is 25.6. The first-order chi connectivity index (χ1) is 11.8. The summed E-state index contributed by atoms with van der Waals surface area (Å²) in [7, 11) is 0. The van der Waals surface area contributed by atoms with Crippen molar-refractivity contribution in [3.8, 4) is 5.75 Å². The van der Waals surface area contributed by atoms with Gasteiger partial charge in [-0.15, -0.1) is 11.3 Å². The van der Waals surface area contributed by atoms with E-state index < -0.39 is 12.1 Å². The van der Waals surface area contributed by atoms with Gasteiger partial charge in [0.25, 0.3) is 5.91 Å². The highest BCUT2D eigenvalue weighted by molar-refractivity contribution is 9.10. The lowest BCUT2D eigenvalue weighted by atomic mass is 10.1. The number of ether oxygens (including phenoxy) is 2. The molecule has 2 aromatic rings. The number of aryl methyl sites for hydroxylation is 1. The number of amides is 1. The van der Waals surface area contributed by atoms with E-state index in [0.29, 0.717) is 16.3 Å². The molecule has 1 aromatic heterocycles. The number of carbonyl (C=O) groups excluding carboxylic acids is 2. The number of esters is 1. The van der Waals surface area contributed by atoms with Crippen LogP contribution in [0.1, 0.15) is 34.6 Å². The van der Waals surface area contributed by atoms with Crippen molar-refractivity contribution in [3.05, 3.63) is 44.7 Å². The summed E-state index contributed by atoms with van der Waals surface area (Å²) in [5.41, 5.74) is 1.23. The topological polar surface area (TPSA) is 64.6 Å². The van der Waals surface area contributed by atoms with Crippen LogP contribution in [0.25, 0.3) is 0 Å². The standard InChI is InChI=1S/C18H20BrNO4S/c1-5-23-18(22)15-10(2)12(4)25-17(15)20-16(21)11(3)24-14-8-6-7-13(19)9-14/h6-9,11H,5H2,1-4H3,(H,20,21). The molecule has 2 rings (SSSR count). The Bertz CT molecular complexity index is 787. The molecule has 7 heteroatoms. The number of benzene rings is 1. The van der Waals surface area contributed by atoms with Crippen LogP contribution < -0.4 is 10.1 Å². The van der Waals surface area contributed by atoms with Gasteiger partial charge in [0.2, 0.25) is 0 Å². The van der Waals surface area contributed by atoms with Crippen molar-refractivity contribution in [2.75, 3.05) is 11.9 Å². The molecule has 1 aromatic carbocycles. The highest BCUT2D eigenvalue weighted by Gasteiger charge is 2.24. The monoisotopic (exact) mass is 425 g/mol. The van der Waals surface area contributed by atoms with E-state index in [-0.39, 0.29) is 12.5 Å². The molecule has 0 saturated carbocycles. The lowest BCUT2D eigenvalue weighted by molar-refractivity contribution is -0.122. The number of thiophene rings is 1. The zero-order valence-electron chi connectivity index (χ0n) is 14.5. The summed E-state index contributed by atoms with van der Waals surface area (Å²) in [6, 6.07) is 7.26. The van der Waals surface area contributed by atoms with Crippen LogP contribution in [-0.2, 0) is 9.53 Å². The fourth-order valence-electron chi connectivity index (χ4n) is 2.18. The Hall–Kier alpha value is -1.86. The van der Waals surface area contributed by atoms with Gasteiger partial charge in [0.15, 0.2) is 6.10 Å². The van der Waals surface area contributed by atoms with Gasteiger partial charge in [0.05, 0.1) is 12.2 Å². The molecule has 0 radical (unpaired) electrons. The molecule has 1 unspecified atom stereocenters. The molecule has 1 heterocycles. The van der Waals surface area contributed by atoms with E-state index >= 15 is 0 Å². The molecule has 25 heavy (non-hydrogen) atoms. The third kappa shape index (κ3) is 4.83. The van der Waals surface area contributed by atoms with Crippen LogP contribution >= 0.6 is 27.3 Å². The Labute approximate surface area is 159 Å². The molecule has 1 amide bonds. The van der Waals surface area contributed by atoms with Gasteiger partial charge in [0, 0.05) is 9.35 Å². The molecule has 0 aliphatic rings. The van der Waals surface area contributed by atoms with E-state index in [1.165, 1.54) is 11.3 Å². The van der Waals surface area contributed by atoms with Crippen molar-refractivity contribution in [1.82, 2.24) is 0 Å². The molecule has 0 spiro atoms. The van der Waals surface area contributed by atoms with Crippen molar-refractivity contribution < 1.29 is 19.1 Å². The Kier molecular flexibility index (Phi) is 6.61. The number of hydrogen-bond acceptors (Lipinski definition) is 5. The highest BCUT2D eigenvalue weighted by Crippen LogP contribution is 2.33. The third-order valence-corrected chi connectivity index (χ3v) is 5.20.